The van der Waals surface area contributed by atoms with E-state index in [2.05, 4.69) is 65.4 Å². The van der Waals surface area contributed by atoms with Crippen LogP contribution in [0.15, 0.2) is 36.4 Å². The van der Waals surface area contributed by atoms with Crippen LogP contribution in [0.4, 0.5) is 16.2 Å². The summed E-state index contributed by atoms with van der Waals surface area (Å²) in [7, 11) is 0. The molecular formula is C35H52N4O4. The van der Waals surface area contributed by atoms with E-state index in [1.54, 1.807) is 0 Å². The summed E-state index contributed by atoms with van der Waals surface area (Å²) in [6.07, 6.45) is 8.99. The predicted octanol–water partition coefficient (Wildman–Crippen LogP) is 6.22. The Kier molecular flexibility index (Phi) is 9.95. The Hall–Kier alpha value is -3.13. The number of carbonyl (C=O) groups is 1. The maximum Gasteiger partial charge on any atom is 0.407 e. The van der Waals surface area contributed by atoms with Gasteiger partial charge >= 0.3 is 6.09 Å². The molecular weight excluding hydrogens is 540 g/mol. The summed E-state index contributed by atoms with van der Waals surface area (Å²) < 4.78 is 17.5. The van der Waals surface area contributed by atoms with Crippen LogP contribution in [0.5, 0.6) is 11.5 Å². The third-order valence-electron chi connectivity index (χ3n) is 8.70. The van der Waals surface area contributed by atoms with Crippen molar-refractivity contribution in [3.63, 3.8) is 0 Å². The first kappa shape index (κ1) is 31.3. The number of amides is 1. The van der Waals surface area contributed by atoms with Gasteiger partial charge in [-0.3, -0.25) is 0 Å². The lowest BCUT2D eigenvalue weighted by atomic mass is 10.0. The van der Waals surface area contributed by atoms with Crippen LogP contribution in [0.25, 0.3) is 0 Å². The number of benzene rings is 2. The van der Waals surface area contributed by atoms with Crippen LogP contribution in [-0.2, 0) is 17.6 Å². The normalized spacial score (nSPS) is 24.0. The van der Waals surface area contributed by atoms with Gasteiger partial charge in [0.1, 0.15) is 29.3 Å². The van der Waals surface area contributed by atoms with Crippen molar-refractivity contribution in [2.45, 2.75) is 116 Å². The maximum absolute atomic E-state index is 12.0. The first-order valence-electron chi connectivity index (χ1n) is 16.5. The molecule has 4 heterocycles. The average molecular weight is 593 g/mol. The Morgan fingerprint density at radius 1 is 0.884 bits per heavy atom. The van der Waals surface area contributed by atoms with E-state index < -0.39 is 5.60 Å². The van der Waals surface area contributed by atoms with Crippen LogP contribution in [-0.4, -0.2) is 62.2 Å². The number of anilines is 2. The van der Waals surface area contributed by atoms with Crippen LogP contribution >= 0.6 is 0 Å². The Balaban J connectivity index is 0.000000180. The molecule has 0 saturated carbocycles. The lowest BCUT2D eigenvalue weighted by Crippen LogP contribution is -2.40. The molecule has 1 amide bonds. The van der Waals surface area contributed by atoms with Crippen molar-refractivity contribution in [2.75, 3.05) is 36.0 Å². The summed E-state index contributed by atoms with van der Waals surface area (Å²) >= 11 is 0. The molecule has 0 spiro atoms. The minimum Gasteiger partial charge on any atom is -0.490 e. The molecule has 4 atom stereocenters. The fourth-order valence-corrected chi connectivity index (χ4v) is 6.77. The Labute approximate surface area is 258 Å². The highest BCUT2D eigenvalue weighted by atomic mass is 16.6. The maximum atomic E-state index is 12.0. The minimum atomic E-state index is -0.464. The monoisotopic (exact) mass is 592 g/mol. The largest absolute Gasteiger partial charge is 0.490 e. The first-order chi connectivity index (χ1) is 20.6. The van der Waals surface area contributed by atoms with E-state index in [1.165, 1.54) is 28.9 Å². The van der Waals surface area contributed by atoms with Crippen molar-refractivity contribution in [3.05, 3.63) is 47.5 Å². The van der Waals surface area contributed by atoms with Gasteiger partial charge in [0.15, 0.2) is 0 Å². The summed E-state index contributed by atoms with van der Waals surface area (Å²) in [6.45, 7) is 13.9. The van der Waals surface area contributed by atoms with Gasteiger partial charge in [0.05, 0.1) is 6.04 Å². The second kappa shape index (κ2) is 13.7. The van der Waals surface area contributed by atoms with E-state index in [1.807, 2.05) is 20.8 Å². The summed E-state index contributed by atoms with van der Waals surface area (Å²) in [5.74, 6) is 2.12. The van der Waals surface area contributed by atoms with E-state index in [-0.39, 0.29) is 12.1 Å². The van der Waals surface area contributed by atoms with Gasteiger partial charge in [0.25, 0.3) is 0 Å². The SMILES string of the molecule is CCCC1Cc2c(cccc2N2CC[C@H](N)C2)O1.CCCC1Cc2c(cccc2N2CC[C@H](NC(=O)OC(C)(C)C)C2)O1. The molecule has 2 aromatic rings. The number of rotatable bonds is 7. The zero-order valence-electron chi connectivity index (χ0n) is 26.9. The third-order valence-corrected chi connectivity index (χ3v) is 8.70. The molecule has 4 aliphatic rings. The highest BCUT2D eigenvalue weighted by Gasteiger charge is 2.32. The number of hydrogen-bond donors (Lipinski definition) is 2. The lowest BCUT2D eigenvalue weighted by molar-refractivity contribution is 0.0509. The van der Waals surface area contributed by atoms with E-state index in [0.29, 0.717) is 18.2 Å². The number of carbonyl (C=O) groups excluding carboxylic acids is 1. The van der Waals surface area contributed by atoms with E-state index in [9.17, 15) is 4.79 Å². The Morgan fingerprint density at radius 3 is 1.91 bits per heavy atom. The van der Waals surface area contributed by atoms with E-state index in [0.717, 1.165) is 82.6 Å². The molecule has 0 radical (unpaired) electrons. The fourth-order valence-electron chi connectivity index (χ4n) is 6.77. The van der Waals surface area contributed by atoms with Crippen molar-refractivity contribution >= 4 is 17.5 Å². The summed E-state index contributed by atoms with van der Waals surface area (Å²) in [6, 6.07) is 13.2. The van der Waals surface area contributed by atoms with Crippen molar-refractivity contribution in [1.82, 2.24) is 5.32 Å². The van der Waals surface area contributed by atoms with Crippen LogP contribution in [0.2, 0.25) is 0 Å². The zero-order valence-corrected chi connectivity index (χ0v) is 26.9. The first-order valence-corrected chi connectivity index (χ1v) is 16.5. The van der Waals surface area contributed by atoms with E-state index >= 15 is 0 Å². The van der Waals surface area contributed by atoms with Gasteiger partial charge in [-0.2, -0.15) is 0 Å². The van der Waals surface area contributed by atoms with Crippen molar-refractivity contribution in [2.24, 2.45) is 5.73 Å². The second-order valence-corrected chi connectivity index (χ2v) is 13.5. The van der Waals surface area contributed by atoms with Crippen LogP contribution in [0.1, 0.15) is 84.3 Å². The van der Waals surface area contributed by atoms with Crippen LogP contribution in [0.3, 0.4) is 0 Å². The Morgan fingerprint density at radius 2 is 1.42 bits per heavy atom. The summed E-state index contributed by atoms with van der Waals surface area (Å²) in [4.78, 5) is 16.8. The van der Waals surface area contributed by atoms with Crippen LogP contribution < -0.4 is 30.3 Å². The smallest absolute Gasteiger partial charge is 0.407 e. The highest BCUT2D eigenvalue weighted by molar-refractivity contribution is 5.69. The molecule has 0 bridgehead atoms. The molecule has 6 rings (SSSR count). The quantitative estimate of drug-likeness (QED) is 0.395. The average Bonchev–Trinajstić information content (AvgIpc) is 3.74. The summed E-state index contributed by atoms with van der Waals surface area (Å²) in [5, 5.41) is 3.00. The van der Waals surface area contributed by atoms with Crippen LogP contribution in [0, 0.1) is 0 Å². The van der Waals surface area contributed by atoms with Gasteiger partial charge < -0.3 is 35.1 Å². The molecule has 2 aromatic carbocycles. The van der Waals surface area contributed by atoms with Crippen molar-refractivity contribution < 1.29 is 19.0 Å². The molecule has 2 saturated heterocycles. The molecule has 236 valence electrons. The molecule has 0 aromatic heterocycles. The summed E-state index contributed by atoms with van der Waals surface area (Å²) in [5.41, 5.74) is 10.9. The number of fused-ring (bicyclic) bond motifs is 2. The topological polar surface area (TPSA) is 89.3 Å². The van der Waals surface area contributed by atoms with Gasteiger partial charge in [-0.15, -0.1) is 0 Å². The van der Waals surface area contributed by atoms with Crippen molar-refractivity contribution in [3.8, 4) is 11.5 Å². The number of nitrogens with one attached hydrogen (secondary N) is 1. The van der Waals surface area contributed by atoms with Gasteiger partial charge in [-0.1, -0.05) is 38.8 Å². The van der Waals surface area contributed by atoms with Gasteiger partial charge in [0.2, 0.25) is 0 Å². The van der Waals surface area contributed by atoms with Gasteiger partial charge in [-0.25, -0.2) is 4.79 Å². The molecule has 8 nitrogen and oxygen atoms in total. The van der Waals surface area contributed by atoms with E-state index in [4.69, 9.17) is 19.9 Å². The fraction of sp³-hybridized carbons (Fsp3) is 0.629. The molecule has 0 aliphatic carbocycles. The second-order valence-electron chi connectivity index (χ2n) is 13.5. The number of nitrogens with two attached hydrogens (primary N) is 1. The minimum absolute atomic E-state index is 0.125. The standard InChI is InChI=1S/C20H30N2O3.C15H22N2O/c1-5-7-15-12-16-17(8-6-9-18(16)24-15)22-11-10-14(13-22)21-19(23)25-20(2,3)4;1-2-4-12-9-13-14(5-3-6-15(13)18-12)17-8-7-11(16)10-17/h6,8-9,14-15H,5,7,10-13H2,1-4H3,(H,21,23);3,5-6,11-12H,2,4,7-10,16H2,1H3/t14-,15?;11-,12?/m00/s1. The number of ether oxygens (including phenoxy) is 3. The molecule has 4 aliphatic heterocycles. The van der Waals surface area contributed by atoms with Crippen molar-refractivity contribution in [1.29, 1.82) is 0 Å². The Bertz CT molecular complexity index is 1240. The predicted molar refractivity (Wildman–Crippen MR) is 174 cm³/mol. The molecule has 2 unspecified atom stereocenters. The zero-order chi connectivity index (χ0) is 30.6. The van der Waals surface area contributed by atoms with Gasteiger partial charge in [0, 0.05) is 67.6 Å². The number of nitrogens with zero attached hydrogens (tertiary/aromatic N) is 2. The molecule has 8 heteroatoms. The number of hydrogen-bond acceptors (Lipinski definition) is 7. The lowest BCUT2D eigenvalue weighted by Gasteiger charge is -2.23. The highest BCUT2D eigenvalue weighted by Crippen LogP contribution is 2.39. The molecule has 2 fully saturated rings. The van der Waals surface area contributed by atoms with Gasteiger partial charge in [-0.05, 0) is 70.7 Å². The molecule has 3 N–H and O–H groups in total. The number of alkyl carbamates (subject to hydrolysis) is 1. The molecule has 43 heavy (non-hydrogen) atoms. The third kappa shape index (κ3) is 7.88.